The molecule has 1 spiro atoms. The molecule has 294 valence electrons. The van der Waals surface area contributed by atoms with Gasteiger partial charge in [0.2, 0.25) is 0 Å². The maximum absolute atomic E-state index is 6.81. The van der Waals surface area contributed by atoms with Crippen LogP contribution in [0.4, 0.5) is 17.1 Å². The molecule has 1 heterocycles. The number of anilines is 3. The Bertz CT molecular complexity index is 2860. The molecule has 0 amide bonds. The molecule has 0 aromatic heterocycles. The lowest BCUT2D eigenvalue weighted by molar-refractivity contribution is -0.0399. The predicted octanol–water partition coefficient (Wildman–Crippen LogP) is 15.8. The quantitative estimate of drug-likeness (QED) is 0.168. The summed E-state index contributed by atoms with van der Waals surface area (Å²) in [5.74, 6) is 6.24. The topological polar surface area (TPSA) is 21.7 Å². The minimum atomic E-state index is 0.174. The fourth-order valence-electron chi connectivity index (χ4n) is 12.5. The molecule has 0 unspecified atom stereocenters. The van der Waals surface area contributed by atoms with Crippen molar-refractivity contribution in [2.75, 3.05) is 4.90 Å². The van der Waals surface area contributed by atoms with Gasteiger partial charge in [0, 0.05) is 22.9 Å². The predicted molar refractivity (Wildman–Crippen MR) is 247 cm³/mol. The van der Waals surface area contributed by atoms with Gasteiger partial charge < -0.3 is 14.4 Å². The molecule has 5 aliphatic carbocycles. The monoisotopic (exact) mass is 787 g/mol. The van der Waals surface area contributed by atoms with Crippen LogP contribution in [0.5, 0.6) is 23.0 Å². The highest BCUT2D eigenvalue weighted by molar-refractivity contribution is 5.86. The van der Waals surface area contributed by atoms with E-state index in [9.17, 15) is 0 Å². The van der Waals surface area contributed by atoms with Gasteiger partial charge in [-0.1, -0.05) is 127 Å². The number of ether oxygens (including phenoxy) is 2. The molecule has 1 aliphatic heterocycles. The highest BCUT2D eigenvalue weighted by Crippen LogP contribution is 2.69. The van der Waals surface area contributed by atoms with Crippen LogP contribution in [0.2, 0.25) is 0 Å². The van der Waals surface area contributed by atoms with E-state index in [1.54, 1.807) is 11.1 Å². The lowest BCUT2D eigenvalue weighted by atomic mass is 9.43. The lowest BCUT2D eigenvalue weighted by Crippen LogP contribution is -2.55. The van der Waals surface area contributed by atoms with E-state index < -0.39 is 0 Å². The first-order valence-electron chi connectivity index (χ1n) is 22.2. The van der Waals surface area contributed by atoms with E-state index in [4.69, 9.17) is 9.47 Å². The maximum atomic E-state index is 6.81. The van der Waals surface area contributed by atoms with Crippen LogP contribution in [0.1, 0.15) is 43.2 Å². The van der Waals surface area contributed by atoms with Crippen molar-refractivity contribution in [2.24, 2.45) is 23.7 Å². The summed E-state index contributed by atoms with van der Waals surface area (Å²) in [6.07, 6.45) is 7.05. The van der Waals surface area contributed by atoms with Crippen molar-refractivity contribution < 1.29 is 9.47 Å². The fraction of sp³-hybridized carbons (Fsp3) is 0.172. The third-order valence-electron chi connectivity index (χ3n) is 14.9. The first-order valence-corrected chi connectivity index (χ1v) is 22.2. The van der Waals surface area contributed by atoms with Gasteiger partial charge in [0.1, 0.15) is 0 Å². The second-order valence-corrected chi connectivity index (χ2v) is 18.1. The summed E-state index contributed by atoms with van der Waals surface area (Å²) in [6, 6.07) is 68.1. The summed E-state index contributed by atoms with van der Waals surface area (Å²) in [7, 11) is 0. The Kier molecular flexibility index (Phi) is 7.79. The SMILES string of the molecule is c1ccc(-c2ccc(N(c3ccc(-c4ccccc4)cc3)c3ccc4c(c3)Oc3cc(-c5ccc6c(c5)-c5ccccc5C65C6CC7CC(C6)CC5C7)ccc3O4)cc2)cc1. The normalized spacial score (nSPS) is 22.1. The summed E-state index contributed by atoms with van der Waals surface area (Å²) in [5.41, 5.74) is 16.4. The van der Waals surface area contributed by atoms with Crippen LogP contribution in [-0.2, 0) is 5.41 Å². The Morgan fingerprint density at radius 1 is 0.344 bits per heavy atom. The van der Waals surface area contributed by atoms with E-state index >= 15 is 0 Å². The van der Waals surface area contributed by atoms with Gasteiger partial charge in [0.25, 0.3) is 0 Å². The van der Waals surface area contributed by atoms with Gasteiger partial charge in [0.15, 0.2) is 23.0 Å². The largest absolute Gasteiger partial charge is 0.450 e. The van der Waals surface area contributed by atoms with E-state index in [1.165, 1.54) is 71.0 Å². The van der Waals surface area contributed by atoms with E-state index in [0.717, 1.165) is 57.8 Å². The zero-order valence-corrected chi connectivity index (χ0v) is 34.0. The number of hydrogen-bond acceptors (Lipinski definition) is 3. The van der Waals surface area contributed by atoms with Crippen molar-refractivity contribution in [2.45, 2.75) is 37.5 Å². The molecule has 0 saturated heterocycles. The van der Waals surface area contributed by atoms with Crippen LogP contribution in [-0.4, -0.2) is 0 Å². The Morgan fingerprint density at radius 3 is 1.44 bits per heavy atom. The first kappa shape index (κ1) is 35.0. The van der Waals surface area contributed by atoms with E-state index in [-0.39, 0.29) is 5.41 Å². The first-order chi connectivity index (χ1) is 30.2. The minimum absolute atomic E-state index is 0.174. The van der Waals surface area contributed by atoms with Crippen LogP contribution in [0.25, 0.3) is 44.5 Å². The number of nitrogens with zero attached hydrogens (tertiary/aromatic N) is 1. The summed E-state index contributed by atoms with van der Waals surface area (Å²) in [4.78, 5) is 2.29. The van der Waals surface area contributed by atoms with Gasteiger partial charge in [-0.3, -0.25) is 0 Å². The van der Waals surface area contributed by atoms with Gasteiger partial charge in [-0.15, -0.1) is 0 Å². The van der Waals surface area contributed by atoms with E-state index in [0.29, 0.717) is 11.5 Å². The zero-order chi connectivity index (χ0) is 40.1. The van der Waals surface area contributed by atoms with E-state index in [2.05, 4.69) is 187 Å². The van der Waals surface area contributed by atoms with Crippen LogP contribution in [0.3, 0.4) is 0 Å². The molecular weight excluding hydrogens is 743 g/mol. The van der Waals surface area contributed by atoms with Crippen molar-refractivity contribution in [3.8, 4) is 67.5 Å². The standard InChI is InChI=1S/C58H45NO2/c1-3-9-39(10-4-1)41-15-21-47(22-16-41)59(48-23-17-42(18-24-48)40-11-5-2-6-12-40)49-25-28-55-57(36-49)61-56-35-44(20-27-54(56)60-55)43-19-26-53-51(34-43)50-13-7-8-14-52(50)58(53)45-30-37-29-38(32-45)33-46(58)31-37/h1-28,34-38,45-46H,29-33H2. The molecule has 4 fully saturated rings. The zero-order valence-electron chi connectivity index (χ0n) is 34.0. The Hall–Kier alpha value is -6.84. The molecule has 4 bridgehead atoms. The van der Waals surface area contributed by atoms with Gasteiger partial charge in [-0.2, -0.15) is 0 Å². The van der Waals surface area contributed by atoms with Crippen molar-refractivity contribution in [3.63, 3.8) is 0 Å². The van der Waals surface area contributed by atoms with Crippen LogP contribution in [0, 0.1) is 23.7 Å². The summed E-state index contributed by atoms with van der Waals surface area (Å²) in [6.45, 7) is 0. The number of benzene rings is 8. The number of fused-ring (bicyclic) bond motifs is 5. The van der Waals surface area contributed by atoms with Crippen molar-refractivity contribution in [1.82, 2.24) is 0 Å². The van der Waals surface area contributed by atoms with Crippen molar-refractivity contribution in [1.29, 1.82) is 0 Å². The number of rotatable bonds is 6. The van der Waals surface area contributed by atoms with Gasteiger partial charge in [-0.05, 0) is 166 Å². The average molecular weight is 788 g/mol. The van der Waals surface area contributed by atoms with Crippen molar-refractivity contribution in [3.05, 3.63) is 199 Å². The summed E-state index contributed by atoms with van der Waals surface area (Å²) in [5, 5.41) is 0. The molecule has 14 rings (SSSR count). The molecule has 8 aromatic rings. The molecule has 0 atom stereocenters. The maximum Gasteiger partial charge on any atom is 0.172 e. The second-order valence-electron chi connectivity index (χ2n) is 18.1. The van der Waals surface area contributed by atoms with Gasteiger partial charge in [0.05, 0.1) is 5.69 Å². The molecule has 4 saturated carbocycles. The Balaban J connectivity index is 0.846. The molecule has 8 aromatic carbocycles. The molecule has 3 heteroatoms. The third-order valence-corrected chi connectivity index (χ3v) is 14.9. The fourth-order valence-corrected chi connectivity index (χ4v) is 12.5. The van der Waals surface area contributed by atoms with Gasteiger partial charge >= 0.3 is 0 Å². The summed E-state index contributed by atoms with van der Waals surface area (Å²) < 4.78 is 13.4. The Labute approximate surface area is 357 Å². The smallest absolute Gasteiger partial charge is 0.172 e. The summed E-state index contributed by atoms with van der Waals surface area (Å²) >= 11 is 0. The highest BCUT2D eigenvalue weighted by Gasteiger charge is 2.61. The highest BCUT2D eigenvalue weighted by atomic mass is 16.6. The van der Waals surface area contributed by atoms with Crippen LogP contribution >= 0.6 is 0 Å². The van der Waals surface area contributed by atoms with Crippen molar-refractivity contribution >= 4 is 17.1 Å². The molecule has 0 N–H and O–H groups in total. The van der Waals surface area contributed by atoms with Gasteiger partial charge in [-0.25, -0.2) is 0 Å². The lowest BCUT2D eigenvalue weighted by Gasteiger charge is -2.61. The van der Waals surface area contributed by atoms with Crippen LogP contribution in [0.15, 0.2) is 188 Å². The van der Waals surface area contributed by atoms with E-state index in [1.807, 2.05) is 6.07 Å². The molecule has 3 nitrogen and oxygen atoms in total. The number of hydrogen-bond donors (Lipinski definition) is 0. The Morgan fingerprint density at radius 2 is 0.803 bits per heavy atom. The van der Waals surface area contributed by atoms with Crippen LogP contribution < -0.4 is 14.4 Å². The average Bonchev–Trinajstić information content (AvgIpc) is 3.61. The third kappa shape index (κ3) is 5.49. The molecule has 0 radical (unpaired) electrons. The molecule has 61 heavy (non-hydrogen) atoms. The minimum Gasteiger partial charge on any atom is -0.450 e. The second kappa shape index (κ2) is 13.6. The molecular formula is C58H45NO2. The molecule has 6 aliphatic rings.